The number of Topliss-reactive ketones (excluding diaryl/α,β-unsaturated/α-hetero) is 1. The minimum Gasteiger partial charge on any atom is -0.393 e. The molecule has 12 saturated carbocycles. The van der Waals surface area contributed by atoms with Crippen molar-refractivity contribution < 1.29 is 45.3 Å². The number of aliphatic hydroxyl groups is 7. The number of hydrogen-bond acceptors (Lipinski definition) is 9. The van der Waals surface area contributed by atoms with E-state index in [2.05, 4.69) is 166 Å². The minimum atomic E-state index is -1.00. The molecule has 9 nitrogen and oxygen atoms in total. The van der Waals surface area contributed by atoms with E-state index in [9.17, 15) is 45.3 Å². The third kappa shape index (κ3) is 17.5. The number of allylic oxidation sites excluding steroid dienone is 5. The van der Waals surface area contributed by atoms with E-state index in [1.807, 2.05) is 13.0 Å². The third-order valence-corrected chi connectivity index (χ3v) is 41.6. The summed E-state index contributed by atoms with van der Waals surface area (Å²) in [5, 5.41) is 77.8. The van der Waals surface area contributed by atoms with E-state index in [0.717, 1.165) is 212 Å². The standard InChI is InChI=1S/C30H44O2.C27H46O3.2C27H44O2/c1-28-18-15-23(31)20-22(28)11-12-24-25-13-14-27(29(25,2)19-16-26(24)28)30(3,32)17-7-10-21-8-5-4-6-9-21;1-17(2)6-11-24(29)27(5,30)23-10-9-21-20-8-7-18-16-19(28)12-14-25(18,3)22(20)13-15-26(21,23)4;2*1-18(2)7-6-14-27(5,29)24-11-10-22-21-9-8-19-17-20(28)12-15-25(19,3)23(21)13-16-26(22,24)4/h4-6,8-9,11,23-27,31-32H,7,10,12-20H2,1-3H3;7,17,19-24,28-30H,6,8-16H2,1-5H3;17-18,21-24,29H,6-16H2,1-5H3;8,18,21-24,29H,6-7,9-17H2,1-5H3/t23-,24-,25-,26-,27-,28-,29-,30-;19-,20-,21-,22-,23-,24+,25-,26-,27+;2*21?,22?,23?,24-,25-,26-,27-/m0000/s1. The van der Waals surface area contributed by atoms with Crippen LogP contribution in [-0.4, -0.2) is 88.0 Å². The van der Waals surface area contributed by atoms with Gasteiger partial charge in [-0.3, -0.25) is 9.59 Å². The molecule has 0 heterocycles. The van der Waals surface area contributed by atoms with Gasteiger partial charge in [0.2, 0.25) is 0 Å². The summed E-state index contributed by atoms with van der Waals surface area (Å²) < 4.78 is 0. The molecular formula is C111H178O9. The van der Waals surface area contributed by atoms with E-state index in [4.69, 9.17) is 0 Å². The molecule has 7 N–H and O–H groups in total. The molecule has 0 amide bonds. The van der Waals surface area contributed by atoms with Gasteiger partial charge in [-0.1, -0.05) is 193 Å². The van der Waals surface area contributed by atoms with Crippen molar-refractivity contribution in [2.45, 2.75) is 441 Å². The Morgan fingerprint density at radius 1 is 0.383 bits per heavy atom. The number of benzene rings is 1. The summed E-state index contributed by atoms with van der Waals surface area (Å²) in [5.74, 6) is 13.2. The first-order chi connectivity index (χ1) is 56.4. The van der Waals surface area contributed by atoms with Gasteiger partial charge < -0.3 is 35.7 Å². The van der Waals surface area contributed by atoms with Crippen molar-refractivity contribution in [2.24, 2.45) is 156 Å². The fourth-order valence-electron chi connectivity index (χ4n) is 34.9. The zero-order valence-corrected chi connectivity index (χ0v) is 79.8. The van der Waals surface area contributed by atoms with E-state index < -0.39 is 28.5 Å². The normalized spacial score (nSPS) is 44.3. The van der Waals surface area contributed by atoms with Gasteiger partial charge >= 0.3 is 0 Å². The lowest BCUT2D eigenvalue weighted by Crippen LogP contribution is -2.55. The topological polar surface area (TPSA) is 176 Å². The van der Waals surface area contributed by atoms with Crippen LogP contribution < -0.4 is 0 Å². The summed E-state index contributed by atoms with van der Waals surface area (Å²) in [6, 6.07) is 10.7. The molecule has 17 rings (SSSR count). The fourth-order valence-corrected chi connectivity index (χ4v) is 34.9. The molecule has 12 fully saturated rings. The van der Waals surface area contributed by atoms with Crippen molar-refractivity contribution in [2.75, 3.05) is 0 Å². The molecule has 0 radical (unpaired) electrons. The molecule has 0 aromatic heterocycles. The van der Waals surface area contributed by atoms with Gasteiger partial charge in [0.1, 0.15) is 5.78 Å². The molecule has 6 unspecified atom stereocenters. The summed E-state index contributed by atoms with van der Waals surface area (Å²) in [6.45, 7) is 41.8. The van der Waals surface area contributed by atoms with E-state index in [-0.39, 0.29) is 50.6 Å². The molecule has 1 aromatic rings. The van der Waals surface area contributed by atoms with Gasteiger partial charge in [-0.25, -0.2) is 0 Å². The van der Waals surface area contributed by atoms with Crippen molar-refractivity contribution in [3.8, 4) is 0 Å². The summed E-state index contributed by atoms with van der Waals surface area (Å²) >= 11 is 0. The molecule has 0 spiro atoms. The highest BCUT2D eigenvalue weighted by Crippen LogP contribution is 2.74. The highest BCUT2D eigenvalue weighted by atomic mass is 16.3. The largest absolute Gasteiger partial charge is 0.393 e. The average molecular weight is 1660 g/mol. The van der Waals surface area contributed by atoms with Crippen LogP contribution in [-0.2, 0) is 16.0 Å². The maximum absolute atomic E-state index is 12.1. The zero-order chi connectivity index (χ0) is 86.5. The van der Waals surface area contributed by atoms with Crippen LogP contribution in [0.4, 0.5) is 0 Å². The Balaban J connectivity index is 0.000000131. The SMILES string of the molecule is CC(C)CCC[C@](C)(O)[C@H]1CCC2C3CC=C4CC(=O)CC[C@]4(C)C3CC[C@@]21C.CC(C)CCC[C@](C)(O)[C@H]1CCC2C3CCC4=CC(=O)CC[C@]4(C)C3CC[C@@]21C.CC(C)CC[C@@H](O)[C@](C)(O)[C@H]1CC[C@H]2[C@@H]3CC=C4C[C@@H](O)CC[C@]4(C)[C@H]3CC[C@]12C.C[C@]12CC[C@H]3[C@@H](CC=C4C[C@@H](O)CC[C@@]43C)[C@@H]1CC[C@@H]2[C@@](C)(O)CCCc1ccccc1. The third-order valence-electron chi connectivity index (χ3n) is 41.6. The molecule has 0 aliphatic heterocycles. The number of fused-ring (bicyclic) bond motifs is 20. The Bertz CT molecular complexity index is 3830. The molecule has 9 heteroatoms. The van der Waals surface area contributed by atoms with E-state index in [1.165, 1.54) is 151 Å². The van der Waals surface area contributed by atoms with Crippen LogP contribution in [0.25, 0.3) is 0 Å². The van der Waals surface area contributed by atoms with Crippen molar-refractivity contribution in [3.63, 3.8) is 0 Å². The van der Waals surface area contributed by atoms with Gasteiger partial charge in [-0.15, -0.1) is 0 Å². The second-order valence-electron chi connectivity index (χ2n) is 49.6. The second-order valence-corrected chi connectivity index (χ2v) is 49.6. The summed E-state index contributed by atoms with van der Waals surface area (Å²) in [6.07, 6.45) is 56.0. The molecule has 16 aliphatic carbocycles. The zero-order valence-electron chi connectivity index (χ0n) is 79.8. The van der Waals surface area contributed by atoms with Gasteiger partial charge in [-0.2, -0.15) is 0 Å². The first-order valence-corrected chi connectivity index (χ1v) is 51.2. The summed E-state index contributed by atoms with van der Waals surface area (Å²) in [4.78, 5) is 24.1. The van der Waals surface area contributed by atoms with Crippen LogP contribution in [0, 0.1) is 156 Å². The molecule has 1 aromatic carbocycles. The van der Waals surface area contributed by atoms with Crippen LogP contribution in [0.1, 0.15) is 400 Å². The maximum atomic E-state index is 12.1. The number of hydrogen-bond donors (Lipinski definition) is 7. The molecule has 676 valence electrons. The van der Waals surface area contributed by atoms with Gasteiger partial charge in [0.25, 0.3) is 0 Å². The molecule has 31 atom stereocenters. The van der Waals surface area contributed by atoms with Crippen LogP contribution in [0.15, 0.2) is 76.9 Å². The van der Waals surface area contributed by atoms with Crippen molar-refractivity contribution in [1.29, 1.82) is 0 Å². The van der Waals surface area contributed by atoms with E-state index in [1.54, 1.807) is 5.57 Å². The highest BCUT2D eigenvalue weighted by molar-refractivity contribution is 5.91. The predicted octanol–water partition coefficient (Wildman–Crippen LogP) is 25.6. The summed E-state index contributed by atoms with van der Waals surface area (Å²) in [5.41, 5.74) is 6.85. The monoisotopic (exact) mass is 1660 g/mol. The van der Waals surface area contributed by atoms with Gasteiger partial charge in [0, 0.05) is 19.3 Å². The number of aliphatic hydroxyl groups excluding tert-OH is 3. The molecular weight excluding hydrogens is 1480 g/mol. The smallest absolute Gasteiger partial charge is 0.155 e. The maximum Gasteiger partial charge on any atom is 0.155 e. The van der Waals surface area contributed by atoms with E-state index in [0.29, 0.717) is 64.3 Å². The quantitative estimate of drug-likeness (QED) is 0.0627. The predicted molar refractivity (Wildman–Crippen MR) is 492 cm³/mol. The molecule has 120 heavy (non-hydrogen) atoms. The molecule has 16 aliphatic rings. The first-order valence-electron chi connectivity index (χ1n) is 51.2. The Labute approximate surface area is 732 Å². The van der Waals surface area contributed by atoms with Crippen LogP contribution >= 0.6 is 0 Å². The number of aryl methyl sites for hydroxylation is 1. The second kappa shape index (κ2) is 35.6. The van der Waals surface area contributed by atoms with Crippen molar-refractivity contribution in [1.82, 2.24) is 0 Å². The number of carbonyl (C=O) groups is 2. The number of carbonyl (C=O) groups excluding carboxylic acids is 2. The average Bonchev–Trinajstić information content (AvgIpc) is 1.56. The highest BCUT2D eigenvalue weighted by Gasteiger charge is 2.67. The van der Waals surface area contributed by atoms with Gasteiger partial charge in [0.05, 0.1) is 40.7 Å². The van der Waals surface area contributed by atoms with E-state index >= 15 is 0 Å². The lowest BCUT2D eigenvalue weighted by atomic mass is 9.46. The van der Waals surface area contributed by atoms with Gasteiger partial charge in [-0.05, 0) is 426 Å². The molecule has 0 saturated heterocycles. The summed E-state index contributed by atoms with van der Waals surface area (Å²) in [7, 11) is 0. The Morgan fingerprint density at radius 2 is 0.758 bits per heavy atom. The lowest BCUT2D eigenvalue weighted by Gasteiger charge is -2.59. The number of rotatable bonds is 20. The van der Waals surface area contributed by atoms with Crippen LogP contribution in [0.3, 0.4) is 0 Å². The Morgan fingerprint density at radius 3 is 1.20 bits per heavy atom. The van der Waals surface area contributed by atoms with Gasteiger partial charge in [0.15, 0.2) is 5.78 Å². The Hall–Kier alpha value is -2.76. The fraction of sp³-hybridized carbons (Fsp3) is 0.856. The Kier molecular flexibility index (Phi) is 27.7. The first kappa shape index (κ1) is 93.4. The number of ketones is 2. The van der Waals surface area contributed by atoms with Crippen LogP contribution in [0.5, 0.6) is 0 Å². The van der Waals surface area contributed by atoms with Crippen LogP contribution in [0.2, 0.25) is 0 Å². The molecule has 0 bridgehead atoms. The lowest BCUT2D eigenvalue weighted by molar-refractivity contribution is -0.151. The van der Waals surface area contributed by atoms with Crippen molar-refractivity contribution >= 4 is 11.6 Å². The minimum absolute atomic E-state index is 0.124. The van der Waals surface area contributed by atoms with Crippen molar-refractivity contribution in [3.05, 3.63) is 82.5 Å².